The van der Waals surface area contributed by atoms with Crippen LogP contribution in [0.4, 0.5) is 0 Å². The van der Waals surface area contributed by atoms with Crippen LogP contribution in [0.2, 0.25) is 0 Å². The Morgan fingerprint density at radius 2 is 0.886 bits per heavy atom. The molecule has 0 aromatic rings. The molecule has 9 amide bonds. The van der Waals surface area contributed by atoms with Gasteiger partial charge in [0.1, 0.15) is 48.3 Å². The maximum Gasteiger partial charge on any atom is 0.246 e. The van der Waals surface area contributed by atoms with E-state index in [2.05, 4.69) is 17.2 Å². The van der Waals surface area contributed by atoms with Crippen LogP contribution in [-0.2, 0) is 52.7 Å². The van der Waals surface area contributed by atoms with Crippen LogP contribution in [0.3, 0.4) is 0 Å². The highest BCUT2D eigenvalue weighted by Gasteiger charge is 2.46. The highest BCUT2D eigenvalue weighted by atomic mass is 16.3. The second-order valence-corrected chi connectivity index (χ2v) is 27.5. The van der Waals surface area contributed by atoms with Crippen LogP contribution >= 0.6 is 0 Å². The lowest BCUT2D eigenvalue weighted by Crippen LogP contribution is -2.61. The molecule has 0 aliphatic carbocycles. The fourth-order valence-corrected chi connectivity index (χ4v) is 11.7. The molecule has 1 heterocycles. The van der Waals surface area contributed by atoms with Crippen LogP contribution < -0.4 is 10.6 Å². The van der Waals surface area contributed by atoms with Gasteiger partial charge in [-0.1, -0.05) is 122 Å². The number of ketones is 2. The normalized spacial score (nSPS) is 27.4. The number of aliphatic hydroxyl groups is 1. The molecule has 21 nitrogen and oxygen atoms in total. The zero-order valence-electron chi connectivity index (χ0n) is 58.3. The van der Waals surface area contributed by atoms with E-state index in [0.29, 0.717) is 6.42 Å². The number of aliphatic hydroxyl groups excluding tert-OH is 1. The molecule has 1 fully saturated rings. The molecule has 1 unspecified atom stereocenters. The summed E-state index contributed by atoms with van der Waals surface area (Å²) >= 11 is 0. The topological polar surface area (TPSA) is 255 Å². The Morgan fingerprint density at radius 1 is 0.489 bits per heavy atom. The summed E-state index contributed by atoms with van der Waals surface area (Å²) in [5, 5.41) is 17.9. The fraction of sp³-hybridized carbons (Fsp3) is 0.776. The lowest BCUT2D eigenvalue weighted by molar-refractivity contribution is -0.157. The van der Waals surface area contributed by atoms with Gasteiger partial charge in [0.15, 0.2) is 11.6 Å². The average Bonchev–Trinajstić information content (AvgIpc) is 1.37. The minimum absolute atomic E-state index is 0.0498. The van der Waals surface area contributed by atoms with Crippen molar-refractivity contribution in [3.63, 3.8) is 0 Å². The molecule has 1 saturated heterocycles. The number of allylic oxidation sites excluding steroid dienone is 2. The summed E-state index contributed by atoms with van der Waals surface area (Å²) in [6, 6.07) is -10.8. The lowest BCUT2D eigenvalue weighted by Gasteiger charge is -2.41. The highest BCUT2D eigenvalue weighted by Crippen LogP contribution is 2.28. The number of nitrogens with one attached hydrogen (secondary N) is 2. The molecule has 13 atom stereocenters. The van der Waals surface area contributed by atoms with Gasteiger partial charge in [0.25, 0.3) is 0 Å². The van der Waals surface area contributed by atoms with E-state index in [1.807, 2.05) is 68.4 Å². The third-order valence-corrected chi connectivity index (χ3v) is 17.4. The van der Waals surface area contributed by atoms with Crippen molar-refractivity contribution in [3.05, 3.63) is 24.8 Å². The van der Waals surface area contributed by atoms with Gasteiger partial charge < -0.3 is 50.0 Å². The number of amides is 9. The van der Waals surface area contributed by atoms with Gasteiger partial charge in [-0.2, -0.15) is 0 Å². The first-order valence-corrected chi connectivity index (χ1v) is 32.1. The van der Waals surface area contributed by atoms with Crippen LogP contribution in [0.25, 0.3) is 0 Å². The minimum Gasteiger partial charge on any atom is -0.390 e. The van der Waals surface area contributed by atoms with E-state index in [1.54, 1.807) is 54.5 Å². The molecule has 0 spiro atoms. The molecule has 1 rings (SSSR count). The van der Waals surface area contributed by atoms with E-state index >= 15 is 19.2 Å². The number of hydrogen-bond donors (Lipinski definition) is 3. The largest absolute Gasteiger partial charge is 0.390 e. The second-order valence-electron chi connectivity index (χ2n) is 27.5. The molecule has 1 aliphatic heterocycles. The monoisotopic (exact) mass is 1240 g/mol. The summed E-state index contributed by atoms with van der Waals surface area (Å²) in [7, 11) is 10.2. The molecular weight excluding hydrogens is 1120 g/mol. The van der Waals surface area contributed by atoms with Crippen molar-refractivity contribution in [2.45, 2.75) is 236 Å². The van der Waals surface area contributed by atoms with Crippen LogP contribution in [0.1, 0.15) is 175 Å². The zero-order valence-corrected chi connectivity index (χ0v) is 58.3. The van der Waals surface area contributed by atoms with Crippen LogP contribution in [-0.4, -0.2) is 214 Å². The fourth-order valence-electron chi connectivity index (χ4n) is 11.7. The molecule has 0 radical (unpaired) electrons. The third-order valence-electron chi connectivity index (χ3n) is 17.4. The Kier molecular flexibility index (Phi) is 33.3. The van der Waals surface area contributed by atoms with Crippen molar-refractivity contribution in [1.82, 2.24) is 44.9 Å². The van der Waals surface area contributed by atoms with Crippen molar-refractivity contribution >= 4 is 64.7 Å². The summed E-state index contributed by atoms with van der Waals surface area (Å²) in [6.45, 7) is 34.2. The molecule has 21 heteroatoms. The Hall–Kier alpha value is -5.99. The Labute approximate surface area is 528 Å². The van der Waals surface area contributed by atoms with E-state index in [9.17, 15) is 38.7 Å². The summed E-state index contributed by atoms with van der Waals surface area (Å²) in [5.74, 6) is -10.8. The van der Waals surface area contributed by atoms with Gasteiger partial charge in [-0.25, -0.2) is 0 Å². The molecule has 0 aromatic heterocycles. The SMILES string of the molecule is C=CCC1C(=O)N(C)[C@@H](CC(C)C)C(=O)N[C@@H](C(C)C)C(=O)N(C)[C@@H](CC(C)C)C(=O)N[C@@H](C)C(=O)C[C@H](C)C(=O)N(C)[C@@H](CC(C)C)C(=O)N(C)[C@@H](CC(C)C)C(=O)N(C)[C@@H](C(C)C)C(=O)N(C)[C@@H]([C@H](O)[C@H](C)C/C=C/C)C(=O)C[C@@H](CC)C(=O)N1C. The number of likely N-dealkylation sites (N-methyl/N-ethyl adjacent to an activating group) is 7. The standard InChI is InChI=1S/C67H117N9O12/c1-26-29-31-44(16)58(79)57-54(78)37-47(28-3)62(83)70(19)48(30-27-2)63(84)71(20)50(33-39(6)7)60(81)69-55(42(12)13)66(87)72(21)49(32-38(4)5)59(80)68-46(18)53(77)36-45(17)61(82)73(22)51(34-40(8)9)64(85)74(23)52(35-41(10)11)65(86)75(24)56(43(14)15)67(88)76(57)25/h26-27,29,38-52,55-58,79H,2,28,30-37H2,1,3-25H3,(H,68,80)(H,69,81)/b29-26+/t44-,45+,46+,47-,48?,49+,50+,51+,52+,55+,56+,57-,58-/m1/s1. The Bertz CT molecular complexity index is 2420. The zero-order chi connectivity index (χ0) is 68.3. The van der Waals surface area contributed by atoms with Crippen molar-refractivity contribution in [2.75, 3.05) is 49.3 Å². The van der Waals surface area contributed by atoms with E-state index in [1.165, 1.54) is 91.7 Å². The second kappa shape index (κ2) is 36.6. The summed E-state index contributed by atoms with van der Waals surface area (Å²) in [5.41, 5.74) is 0. The number of rotatable bonds is 17. The lowest BCUT2D eigenvalue weighted by atomic mass is 9.86. The number of carbonyl (C=O) groups excluding carboxylic acids is 11. The summed E-state index contributed by atoms with van der Waals surface area (Å²) in [4.78, 5) is 172. The summed E-state index contributed by atoms with van der Waals surface area (Å²) in [6.07, 6.45) is 3.94. The van der Waals surface area contributed by atoms with Gasteiger partial charge >= 0.3 is 0 Å². The molecule has 88 heavy (non-hydrogen) atoms. The average molecular weight is 1240 g/mol. The predicted molar refractivity (Wildman–Crippen MR) is 345 cm³/mol. The highest BCUT2D eigenvalue weighted by molar-refractivity contribution is 6.00. The Morgan fingerprint density at radius 3 is 1.32 bits per heavy atom. The van der Waals surface area contributed by atoms with Crippen molar-refractivity contribution in [3.8, 4) is 0 Å². The van der Waals surface area contributed by atoms with Crippen molar-refractivity contribution in [2.24, 2.45) is 53.3 Å². The molecule has 0 saturated carbocycles. The summed E-state index contributed by atoms with van der Waals surface area (Å²) < 4.78 is 0. The van der Waals surface area contributed by atoms with Crippen LogP contribution in [0.15, 0.2) is 24.8 Å². The quantitative estimate of drug-likeness (QED) is 0.134. The Balaban J connectivity index is 4.45. The number of hydrogen-bond acceptors (Lipinski definition) is 12. The molecule has 0 bridgehead atoms. The van der Waals surface area contributed by atoms with Gasteiger partial charge in [0, 0.05) is 74.0 Å². The van der Waals surface area contributed by atoms with Gasteiger partial charge in [-0.3, -0.25) is 52.7 Å². The first-order chi connectivity index (χ1) is 40.7. The van der Waals surface area contributed by atoms with Gasteiger partial charge in [0.05, 0.1) is 12.1 Å². The van der Waals surface area contributed by atoms with Crippen LogP contribution in [0.5, 0.6) is 0 Å². The predicted octanol–water partition coefficient (Wildman–Crippen LogP) is 6.39. The van der Waals surface area contributed by atoms with E-state index in [-0.39, 0.29) is 68.6 Å². The first kappa shape index (κ1) is 80.0. The van der Waals surface area contributed by atoms with Crippen molar-refractivity contribution < 1.29 is 57.8 Å². The molecule has 1 aliphatic rings. The molecule has 502 valence electrons. The van der Waals surface area contributed by atoms with Crippen molar-refractivity contribution in [1.29, 1.82) is 0 Å². The van der Waals surface area contributed by atoms with Gasteiger partial charge in [-0.05, 0) is 100 Å². The maximum absolute atomic E-state index is 15.3. The minimum atomic E-state index is -1.52. The van der Waals surface area contributed by atoms with E-state index in [4.69, 9.17) is 0 Å². The number of carbonyl (C=O) groups is 11. The number of Topliss-reactive ketones (excluding diaryl/α,β-unsaturated/α-hetero) is 2. The maximum atomic E-state index is 15.3. The molecule has 0 aromatic carbocycles. The van der Waals surface area contributed by atoms with Gasteiger partial charge in [-0.15, -0.1) is 6.58 Å². The smallest absolute Gasteiger partial charge is 0.246 e. The molecule has 3 N–H and O–H groups in total. The molecular formula is C67H117N9O12. The van der Waals surface area contributed by atoms with Crippen LogP contribution in [0, 0.1) is 53.3 Å². The first-order valence-electron chi connectivity index (χ1n) is 32.1. The third kappa shape index (κ3) is 21.9. The van der Waals surface area contributed by atoms with E-state index in [0.717, 1.165) is 4.90 Å². The van der Waals surface area contributed by atoms with E-state index < -0.39 is 161 Å². The number of nitrogens with zero attached hydrogens (tertiary/aromatic N) is 7. The van der Waals surface area contributed by atoms with Gasteiger partial charge in [0.2, 0.25) is 53.2 Å².